The van der Waals surface area contributed by atoms with Crippen LogP contribution in [0.1, 0.15) is 36.8 Å². The van der Waals surface area contributed by atoms with Crippen LogP contribution in [0, 0.1) is 0 Å². The van der Waals surface area contributed by atoms with Crippen molar-refractivity contribution in [2.45, 2.75) is 61.7 Å². The fraction of sp³-hybridized carbons (Fsp3) is 0.435. The van der Waals surface area contributed by atoms with Gasteiger partial charge >= 0.3 is 12.5 Å². The van der Waals surface area contributed by atoms with Crippen LogP contribution in [0.4, 0.5) is 26.3 Å². The second kappa shape index (κ2) is 9.58. The first-order valence-corrected chi connectivity index (χ1v) is 12.5. The van der Waals surface area contributed by atoms with Gasteiger partial charge in [-0.05, 0) is 55.2 Å². The Labute approximate surface area is 203 Å². The fourth-order valence-corrected chi connectivity index (χ4v) is 6.18. The Morgan fingerprint density at radius 3 is 2.17 bits per heavy atom. The highest BCUT2D eigenvalue weighted by atomic mass is 32.2. The maximum atomic E-state index is 13.3. The first kappa shape index (κ1) is 26.3. The summed E-state index contributed by atoms with van der Waals surface area (Å²) >= 11 is 0. The Hall–Kier alpha value is -2.80. The largest absolute Gasteiger partial charge is 0.573 e. The molecular weight excluding hydrogens is 514 g/mol. The number of hydrogen-bond donors (Lipinski definition) is 0. The van der Waals surface area contributed by atoms with Crippen LogP contribution in [-0.4, -0.2) is 48.5 Å². The second-order valence-corrected chi connectivity index (χ2v) is 10.6. The van der Waals surface area contributed by atoms with E-state index in [0.717, 1.165) is 30.3 Å². The summed E-state index contributed by atoms with van der Waals surface area (Å²) in [4.78, 5) is 13.8. The van der Waals surface area contributed by atoms with Gasteiger partial charge in [0.25, 0.3) is 0 Å². The maximum Gasteiger partial charge on any atom is 0.573 e. The lowest BCUT2D eigenvalue weighted by atomic mass is 10.0. The molecule has 196 valence electrons. The summed E-state index contributed by atoms with van der Waals surface area (Å²) in [6.45, 7) is 0.299. The van der Waals surface area contributed by atoms with Gasteiger partial charge in [0.1, 0.15) is 5.75 Å². The molecule has 2 fully saturated rings. The van der Waals surface area contributed by atoms with E-state index in [1.807, 2.05) is 0 Å². The third kappa shape index (κ3) is 6.12. The molecule has 2 aromatic carbocycles. The van der Waals surface area contributed by atoms with Crippen LogP contribution in [0.15, 0.2) is 53.4 Å². The average Bonchev–Trinajstić information content (AvgIpc) is 3.60. The van der Waals surface area contributed by atoms with E-state index in [9.17, 15) is 39.6 Å². The molecule has 4 rings (SSSR count). The van der Waals surface area contributed by atoms with Crippen LogP contribution in [0.25, 0.3) is 0 Å². The number of alkyl halides is 6. The molecule has 0 N–H and O–H groups in total. The van der Waals surface area contributed by atoms with E-state index < -0.39 is 44.8 Å². The van der Waals surface area contributed by atoms with E-state index in [1.165, 1.54) is 21.3 Å². The molecule has 0 aromatic heterocycles. The first-order chi connectivity index (χ1) is 16.7. The monoisotopic (exact) mass is 536 g/mol. The molecule has 6 nitrogen and oxygen atoms in total. The number of hydrogen-bond acceptors (Lipinski definition) is 4. The van der Waals surface area contributed by atoms with Crippen LogP contribution in [0.3, 0.4) is 0 Å². The van der Waals surface area contributed by atoms with Gasteiger partial charge in [-0.25, -0.2) is 8.42 Å². The van der Waals surface area contributed by atoms with Crippen molar-refractivity contribution in [3.8, 4) is 5.75 Å². The molecule has 1 atom stereocenters. The molecule has 13 heteroatoms. The number of ether oxygens (including phenoxy) is 1. The quantitative estimate of drug-likeness (QED) is 0.470. The molecule has 0 bridgehead atoms. The molecule has 1 aliphatic carbocycles. The summed E-state index contributed by atoms with van der Waals surface area (Å²) in [6.07, 6.45) is -8.28. The number of rotatable bonds is 7. The fourth-order valence-electron chi connectivity index (χ4n) is 4.24. The van der Waals surface area contributed by atoms with E-state index in [-0.39, 0.29) is 37.9 Å². The number of carbonyl (C=O) groups is 1. The molecule has 2 aliphatic rings. The summed E-state index contributed by atoms with van der Waals surface area (Å²) in [7, 11) is -4.28. The molecule has 0 spiro atoms. The van der Waals surface area contributed by atoms with Crippen molar-refractivity contribution in [2.75, 3.05) is 6.54 Å². The zero-order valence-corrected chi connectivity index (χ0v) is 19.5. The molecule has 1 aliphatic heterocycles. The minimum atomic E-state index is -4.82. The summed E-state index contributed by atoms with van der Waals surface area (Å²) in [5.74, 6) is -0.747. The molecule has 2 aromatic rings. The number of halogens is 6. The third-order valence-electron chi connectivity index (χ3n) is 6.03. The number of piperidine rings is 1. The van der Waals surface area contributed by atoms with Gasteiger partial charge in [-0.3, -0.25) is 4.79 Å². The van der Waals surface area contributed by atoms with Crippen molar-refractivity contribution >= 4 is 15.9 Å². The Kier molecular flexibility index (Phi) is 6.99. The van der Waals surface area contributed by atoms with Gasteiger partial charge in [0, 0.05) is 31.6 Å². The number of amides is 1. The van der Waals surface area contributed by atoms with Gasteiger partial charge in [0.2, 0.25) is 15.9 Å². The number of likely N-dealkylation sites (tertiary alicyclic amines) is 1. The van der Waals surface area contributed by atoms with Crippen LogP contribution < -0.4 is 4.74 Å². The number of benzene rings is 2. The van der Waals surface area contributed by atoms with Crippen LogP contribution in [0.2, 0.25) is 0 Å². The van der Waals surface area contributed by atoms with E-state index in [0.29, 0.717) is 24.5 Å². The molecule has 1 saturated heterocycles. The highest BCUT2D eigenvalue weighted by molar-refractivity contribution is 7.89. The predicted octanol–water partition coefficient (Wildman–Crippen LogP) is 4.95. The van der Waals surface area contributed by atoms with Crippen molar-refractivity contribution in [3.63, 3.8) is 0 Å². The molecule has 1 saturated carbocycles. The second-order valence-electron chi connectivity index (χ2n) is 8.75. The van der Waals surface area contributed by atoms with Gasteiger partial charge < -0.3 is 9.64 Å². The minimum Gasteiger partial charge on any atom is -0.406 e. The lowest BCUT2D eigenvalue weighted by Gasteiger charge is -2.37. The van der Waals surface area contributed by atoms with E-state index in [4.69, 9.17) is 0 Å². The number of nitrogens with zero attached hydrogens (tertiary/aromatic N) is 2. The number of carbonyl (C=O) groups excluding carboxylic acids is 1. The Morgan fingerprint density at radius 1 is 0.944 bits per heavy atom. The summed E-state index contributed by atoms with van der Waals surface area (Å²) in [5.41, 5.74) is -0.510. The van der Waals surface area contributed by atoms with Crippen molar-refractivity contribution in [2.24, 2.45) is 0 Å². The van der Waals surface area contributed by atoms with E-state index in [1.54, 1.807) is 0 Å². The van der Waals surface area contributed by atoms with Gasteiger partial charge in [-0.15, -0.1) is 13.2 Å². The molecular formula is C23H22F6N2O4S. The maximum absolute atomic E-state index is 13.3. The molecule has 1 unspecified atom stereocenters. The van der Waals surface area contributed by atoms with Crippen LogP contribution in [0.5, 0.6) is 5.75 Å². The smallest absolute Gasteiger partial charge is 0.406 e. The normalized spacial score (nSPS) is 19.6. The first-order valence-electron chi connectivity index (χ1n) is 11.1. The lowest BCUT2D eigenvalue weighted by Crippen LogP contribution is -2.50. The minimum absolute atomic E-state index is 0.113. The SMILES string of the molecule is O=C1CC(N(C2CC2)S(=O)(=O)c2cccc(C(F)(F)F)c2)CCN1Cc1ccc(OC(F)(F)F)cc1. The van der Waals surface area contributed by atoms with Crippen molar-refractivity contribution in [1.82, 2.24) is 9.21 Å². The summed E-state index contributed by atoms with van der Waals surface area (Å²) in [6, 6.07) is 7.54. The van der Waals surface area contributed by atoms with Crippen molar-refractivity contribution in [1.29, 1.82) is 0 Å². The topological polar surface area (TPSA) is 66.9 Å². The molecule has 1 heterocycles. The zero-order valence-electron chi connectivity index (χ0n) is 18.7. The molecule has 0 radical (unpaired) electrons. The van der Waals surface area contributed by atoms with E-state index >= 15 is 0 Å². The van der Waals surface area contributed by atoms with Gasteiger partial charge in [-0.2, -0.15) is 17.5 Å². The lowest BCUT2D eigenvalue weighted by molar-refractivity contribution is -0.274. The molecule has 36 heavy (non-hydrogen) atoms. The van der Waals surface area contributed by atoms with E-state index in [2.05, 4.69) is 4.74 Å². The zero-order chi connectivity index (χ0) is 26.3. The standard InChI is InChI=1S/C23H22F6N2O4S/c24-22(25,26)16-2-1-3-20(12-16)36(33,34)31(17-6-7-17)18-10-11-30(21(32)13-18)14-15-4-8-19(9-5-15)35-23(27,28)29/h1-5,8-9,12,17-18H,6-7,10-11,13-14H2. The Bertz CT molecular complexity index is 1210. The summed E-state index contributed by atoms with van der Waals surface area (Å²) < 4.78 is 108. The average molecular weight is 536 g/mol. The third-order valence-corrected chi connectivity index (χ3v) is 8.03. The Morgan fingerprint density at radius 2 is 1.61 bits per heavy atom. The molecule has 1 amide bonds. The van der Waals surface area contributed by atoms with Crippen molar-refractivity contribution in [3.05, 3.63) is 59.7 Å². The predicted molar refractivity (Wildman–Crippen MR) is 115 cm³/mol. The van der Waals surface area contributed by atoms with Gasteiger partial charge in [0.05, 0.1) is 10.5 Å². The summed E-state index contributed by atoms with van der Waals surface area (Å²) in [5, 5.41) is 0. The highest BCUT2D eigenvalue weighted by Gasteiger charge is 2.45. The van der Waals surface area contributed by atoms with Gasteiger partial charge in [-0.1, -0.05) is 18.2 Å². The number of sulfonamides is 1. The Balaban J connectivity index is 1.46. The van der Waals surface area contributed by atoms with Crippen molar-refractivity contribution < 1.29 is 44.3 Å². The highest BCUT2D eigenvalue weighted by Crippen LogP contribution is 2.38. The van der Waals surface area contributed by atoms with Gasteiger partial charge in [0.15, 0.2) is 0 Å². The van der Waals surface area contributed by atoms with Crippen LogP contribution >= 0.6 is 0 Å². The van der Waals surface area contributed by atoms with Crippen LogP contribution in [-0.2, 0) is 27.5 Å².